The summed E-state index contributed by atoms with van der Waals surface area (Å²) in [5.74, 6) is 0.147. The van der Waals surface area contributed by atoms with Crippen LogP contribution in [-0.4, -0.2) is 29.8 Å². The molecule has 1 saturated heterocycles. The quantitative estimate of drug-likeness (QED) is 0.715. The van der Waals surface area contributed by atoms with E-state index in [1.54, 1.807) is 0 Å². The minimum Gasteiger partial charge on any atom is -0.330 e. The van der Waals surface area contributed by atoms with Gasteiger partial charge < -0.3 is 5.73 Å². The smallest absolute Gasteiger partial charge is 0.235 e. The summed E-state index contributed by atoms with van der Waals surface area (Å²) in [4.78, 5) is 25.5. The third kappa shape index (κ3) is 2.12. The van der Waals surface area contributed by atoms with Crippen LogP contribution in [0.15, 0.2) is 0 Å². The zero-order valence-corrected chi connectivity index (χ0v) is 10.5. The van der Waals surface area contributed by atoms with E-state index < -0.39 is 5.41 Å². The second kappa shape index (κ2) is 4.95. The van der Waals surface area contributed by atoms with Gasteiger partial charge in [-0.3, -0.25) is 14.5 Å². The first-order valence-electron chi connectivity index (χ1n) is 6.05. The third-order valence-corrected chi connectivity index (χ3v) is 3.74. The summed E-state index contributed by atoms with van der Waals surface area (Å²) in [7, 11) is 0. The second-order valence-electron chi connectivity index (χ2n) is 4.81. The highest BCUT2D eigenvalue weighted by atomic mass is 16.2. The van der Waals surface area contributed by atoms with Crippen molar-refractivity contribution < 1.29 is 9.59 Å². The van der Waals surface area contributed by atoms with Crippen molar-refractivity contribution in [2.24, 2.45) is 17.1 Å². The molecule has 0 aromatic carbocycles. The van der Waals surface area contributed by atoms with E-state index in [2.05, 4.69) is 0 Å². The van der Waals surface area contributed by atoms with Crippen molar-refractivity contribution in [3.8, 4) is 0 Å². The molecule has 0 aromatic heterocycles. The first-order chi connectivity index (χ1) is 7.50. The van der Waals surface area contributed by atoms with Gasteiger partial charge in [-0.25, -0.2) is 0 Å². The Morgan fingerprint density at radius 3 is 2.31 bits per heavy atom. The lowest BCUT2D eigenvalue weighted by Crippen LogP contribution is -2.39. The van der Waals surface area contributed by atoms with Gasteiger partial charge in [-0.05, 0) is 25.3 Å². The first kappa shape index (κ1) is 13.2. The standard InChI is InChI=1S/C12H22N2O2/c1-4-12(5-2)6-10(15)14(11(12)16)8-9(3)7-13/h9H,4-8,13H2,1-3H3. The maximum Gasteiger partial charge on any atom is 0.235 e. The predicted molar refractivity (Wildman–Crippen MR) is 62.6 cm³/mol. The van der Waals surface area contributed by atoms with E-state index in [4.69, 9.17) is 5.73 Å². The molecule has 16 heavy (non-hydrogen) atoms. The number of likely N-dealkylation sites (tertiary alicyclic amines) is 1. The monoisotopic (exact) mass is 226 g/mol. The van der Waals surface area contributed by atoms with Crippen molar-refractivity contribution in [3.63, 3.8) is 0 Å². The lowest BCUT2D eigenvalue weighted by molar-refractivity contribution is -0.142. The molecule has 2 amide bonds. The normalized spacial score (nSPS) is 21.6. The van der Waals surface area contributed by atoms with Crippen molar-refractivity contribution in [1.29, 1.82) is 0 Å². The molecule has 0 aliphatic carbocycles. The number of carbonyl (C=O) groups excluding carboxylic acids is 2. The zero-order valence-electron chi connectivity index (χ0n) is 10.5. The Bertz CT molecular complexity index is 285. The molecular formula is C12H22N2O2. The van der Waals surface area contributed by atoms with Crippen LogP contribution in [0.4, 0.5) is 0 Å². The molecule has 0 bridgehead atoms. The number of hydrogen-bond donors (Lipinski definition) is 1. The maximum atomic E-state index is 12.2. The Morgan fingerprint density at radius 2 is 1.94 bits per heavy atom. The highest BCUT2D eigenvalue weighted by Gasteiger charge is 2.48. The van der Waals surface area contributed by atoms with Crippen LogP contribution in [0, 0.1) is 11.3 Å². The zero-order chi connectivity index (χ0) is 12.3. The summed E-state index contributed by atoms with van der Waals surface area (Å²) in [5.41, 5.74) is 5.09. The summed E-state index contributed by atoms with van der Waals surface area (Å²) in [5, 5.41) is 0. The van der Waals surface area contributed by atoms with Crippen molar-refractivity contribution in [2.75, 3.05) is 13.1 Å². The van der Waals surface area contributed by atoms with Crippen molar-refractivity contribution in [1.82, 2.24) is 4.90 Å². The predicted octanol–water partition coefficient (Wildman–Crippen LogP) is 1.15. The number of nitrogens with zero attached hydrogens (tertiary/aromatic N) is 1. The summed E-state index contributed by atoms with van der Waals surface area (Å²) < 4.78 is 0. The molecule has 1 atom stereocenters. The van der Waals surface area contributed by atoms with Crippen LogP contribution < -0.4 is 5.73 Å². The van der Waals surface area contributed by atoms with Crippen LogP contribution >= 0.6 is 0 Å². The number of rotatable bonds is 5. The summed E-state index contributed by atoms with van der Waals surface area (Å²) >= 11 is 0. The number of amides is 2. The van der Waals surface area contributed by atoms with Crippen molar-refractivity contribution in [3.05, 3.63) is 0 Å². The van der Waals surface area contributed by atoms with Gasteiger partial charge >= 0.3 is 0 Å². The Morgan fingerprint density at radius 1 is 1.38 bits per heavy atom. The minimum atomic E-state index is -0.439. The molecule has 0 radical (unpaired) electrons. The van der Waals surface area contributed by atoms with Crippen LogP contribution in [0.1, 0.15) is 40.0 Å². The number of hydrogen-bond acceptors (Lipinski definition) is 3. The van der Waals surface area contributed by atoms with Crippen LogP contribution in [-0.2, 0) is 9.59 Å². The fraction of sp³-hybridized carbons (Fsp3) is 0.833. The molecule has 1 aliphatic heterocycles. The lowest BCUT2D eigenvalue weighted by atomic mass is 9.81. The molecular weight excluding hydrogens is 204 g/mol. The summed E-state index contributed by atoms with van der Waals surface area (Å²) in [6.45, 7) is 6.88. The highest BCUT2D eigenvalue weighted by Crippen LogP contribution is 2.39. The van der Waals surface area contributed by atoms with Gasteiger partial charge in [0.1, 0.15) is 0 Å². The van der Waals surface area contributed by atoms with Crippen LogP contribution in [0.25, 0.3) is 0 Å². The van der Waals surface area contributed by atoms with Crippen molar-refractivity contribution >= 4 is 11.8 Å². The molecule has 1 fully saturated rings. The van der Waals surface area contributed by atoms with Gasteiger partial charge in [0.2, 0.25) is 11.8 Å². The number of carbonyl (C=O) groups is 2. The van der Waals surface area contributed by atoms with Crippen molar-refractivity contribution in [2.45, 2.75) is 40.0 Å². The van der Waals surface area contributed by atoms with Gasteiger partial charge in [0.05, 0.1) is 5.41 Å². The Balaban J connectivity index is 2.82. The summed E-state index contributed by atoms with van der Waals surface area (Å²) in [6.07, 6.45) is 1.85. The van der Waals surface area contributed by atoms with E-state index in [-0.39, 0.29) is 17.7 Å². The molecule has 92 valence electrons. The van der Waals surface area contributed by atoms with Gasteiger partial charge in [-0.2, -0.15) is 0 Å². The maximum absolute atomic E-state index is 12.2. The fourth-order valence-electron chi connectivity index (χ4n) is 2.23. The summed E-state index contributed by atoms with van der Waals surface area (Å²) in [6, 6.07) is 0. The van der Waals surface area contributed by atoms with Gasteiger partial charge in [-0.15, -0.1) is 0 Å². The van der Waals surface area contributed by atoms with Crippen LogP contribution in [0.5, 0.6) is 0 Å². The molecule has 0 spiro atoms. The number of imide groups is 1. The fourth-order valence-corrected chi connectivity index (χ4v) is 2.23. The highest BCUT2D eigenvalue weighted by molar-refractivity contribution is 6.05. The van der Waals surface area contributed by atoms with Gasteiger partial charge in [-0.1, -0.05) is 20.8 Å². The third-order valence-electron chi connectivity index (χ3n) is 3.74. The first-order valence-corrected chi connectivity index (χ1v) is 6.05. The average Bonchev–Trinajstić information content (AvgIpc) is 2.53. The molecule has 1 aliphatic rings. The SMILES string of the molecule is CCC1(CC)CC(=O)N(CC(C)CN)C1=O. The molecule has 1 heterocycles. The Kier molecular flexibility index (Phi) is 4.08. The van der Waals surface area contributed by atoms with Crippen LogP contribution in [0.2, 0.25) is 0 Å². The second-order valence-corrected chi connectivity index (χ2v) is 4.81. The van der Waals surface area contributed by atoms with Gasteiger partial charge in [0.25, 0.3) is 0 Å². The van der Waals surface area contributed by atoms with E-state index in [1.807, 2.05) is 20.8 Å². The largest absolute Gasteiger partial charge is 0.330 e. The average molecular weight is 226 g/mol. The van der Waals surface area contributed by atoms with Gasteiger partial charge in [0, 0.05) is 13.0 Å². The molecule has 4 nitrogen and oxygen atoms in total. The molecule has 0 saturated carbocycles. The Hall–Kier alpha value is -0.900. The van der Waals surface area contributed by atoms with E-state index in [0.29, 0.717) is 19.5 Å². The molecule has 4 heteroatoms. The lowest BCUT2D eigenvalue weighted by Gasteiger charge is -2.24. The number of nitrogens with two attached hydrogens (primary N) is 1. The van der Waals surface area contributed by atoms with Gasteiger partial charge in [0.15, 0.2) is 0 Å². The minimum absolute atomic E-state index is 0.00259. The molecule has 1 unspecified atom stereocenters. The van der Waals surface area contributed by atoms with E-state index >= 15 is 0 Å². The molecule has 1 rings (SSSR count). The topological polar surface area (TPSA) is 63.4 Å². The van der Waals surface area contributed by atoms with E-state index in [9.17, 15) is 9.59 Å². The molecule has 0 aromatic rings. The Labute approximate surface area is 97.2 Å². The van der Waals surface area contributed by atoms with E-state index in [1.165, 1.54) is 4.90 Å². The van der Waals surface area contributed by atoms with Crippen LogP contribution in [0.3, 0.4) is 0 Å². The van der Waals surface area contributed by atoms with E-state index in [0.717, 1.165) is 12.8 Å². The molecule has 2 N–H and O–H groups in total.